The van der Waals surface area contributed by atoms with Gasteiger partial charge in [-0.05, 0) is 25.3 Å². The molecule has 0 spiro atoms. The zero-order chi connectivity index (χ0) is 15.2. The van der Waals surface area contributed by atoms with Gasteiger partial charge in [0, 0.05) is 31.4 Å². The SMILES string of the molecule is CCCC1CNC(C(C)CC)CN1CCCS(C)(=O)=O. The fourth-order valence-corrected chi connectivity index (χ4v) is 3.62. The van der Waals surface area contributed by atoms with Crippen LogP contribution in [-0.4, -0.2) is 57.0 Å². The summed E-state index contributed by atoms with van der Waals surface area (Å²) in [4.78, 5) is 2.52. The number of piperazine rings is 1. The maximum atomic E-state index is 11.3. The average Bonchev–Trinajstić information content (AvgIpc) is 2.38. The summed E-state index contributed by atoms with van der Waals surface area (Å²) < 4.78 is 22.5. The summed E-state index contributed by atoms with van der Waals surface area (Å²) in [6.07, 6.45) is 5.65. The van der Waals surface area contributed by atoms with Crippen molar-refractivity contribution in [2.45, 2.75) is 58.5 Å². The van der Waals surface area contributed by atoms with Crippen molar-refractivity contribution in [3.05, 3.63) is 0 Å². The lowest BCUT2D eigenvalue weighted by Crippen LogP contribution is -2.58. The molecule has 1 heterocycles. The molecule has 0 radical (unpaired) electrons. The molecule has 5 heteroatoms. The number of hydrogen-bond acceptors (Lipinski definition) is 4. The largest absolute Gasteiger partial charge is 0.311 e. The van der Waals surface area contributed by atoms with Crippen LogP contribution in [-0.2, 0) is 9.84 Å². The second kappa shape index (κ2) is 8.35. The fraction of sp³-hybridized carbons (Fsp3) is 1.00. The Bertz CT molecular complexity index is 370. The zero-order valence-electron chi connectivity index (χ0n) is 13.6. The lowest BCUT2D eigenvalue weighted by molar-refractivity contribution is 0.103. The van der Waals surface area contributed by atoms with Crippen molar-refractivity contribution in [2.75, 3.05) is 31.6 Å². The van der Waals surface area contributed by atoms with Crippen LogP contribution in [0.3, 0.4) is 0 Å². The molecular formula is C15H32N2O2S. The first-order chi connectivity index (χ1) is 9.37. The molecule has 1 N–H and O–H groups in total. The summed E-state index contributed by atoms with van der Waals surface area (Å²) in [5, 5.41) is 3.68. The molecule has 20 heavy (non-hydrogen) atoms. The van der Waals surface area contributed by atoms with Crippen LogP contribution in [0, 0.1) is 5.92 Å². The van der Waals surface area contributed by atoms with E-state index in [-0.39, 0.29) is 0 Å². The number of hydrogen-bond donors (Lipinski definition) is 1. The van der Waals surface area contributed by atoms with Crippen LogP contribution in [0.2, 0.25) is 0 Å². The van der Waals surface area contributed by atoms with Crippen LogP contribution in [0.4, 0.5) is 0 Å². The van der Waals surface area contributed by atoms with Gasteiger partial charge >= 0.3 is 0 Å². The Hall–Kier alpha value is -0.130. The van der Waals surface area contributed by atoms with Crippen LogP contribution in [0.25, 0.3) is 0 Å². The van der Waals surface area contributed by atoms with Crippen molar-refractivity contribution in [3.63, 3.8) is 0 Å². The van der Waals surface area contributed by atoms with E-state index in [4.69, 9.17) is 0 Å². The van der Waals surface area contributed by atoms with Gasteiger partial charge < -0.3 is 5.32 Å². The van der Waals surface area contributed by atoms with Crippen molar-refractivity contribution >= 4 is 9.84 Å². The second-order valence-electron chi connectivity index (χ2n) is 6.32. The molecule has 0 bridgehead atoms. The predicted octanol–water partition coefficient (Wildman–Crippen LogP) is 1.91. The second-order valence-corrected chi connectivity index (χ2v) is 8.58. The van der Waals surface area contributed by atoms with Crippen LogP contribution in [0.5, 0.6) is 0 Å². The zero-order valence-corrected chi connectivity index (χ0v) is 14.4. The van der Waals surface area contributed by atoms with E-state index in [1.165, 1.54) is 25.5 Å². The Kier molecular flexibility index (Phi) is 7.48. The molecule has 0 aromatic heterocycles. The van der Waals surface area contributed by atoms with Crippen LogP contribution in [0.1, 0.15) is 46.5 Å². The fourth-order valence-electron chi connectivity index (χ4n) is 2.97. The van der Waals surface area contributed by atoms with Crippen LogP contribution < -0.4 is 5.32 Å². The Labute approximate surface area is 125 Å². The quantitative estimate of drug-likeness (QED) is 0.744. The lowest BCUT2D eigenvalue weighted by Gasteiger charge is -2.42. The van der Waals surface area contributed by atoms with Crippen molar-refractivity contribution < 1.29 is 8.42 Å². The van der Waals surface area contributed by atoms with E-state index in [2.05, 4.69) is 31.0 Å². The molecule has 0 aliphatic carbocycles. The van der Waals surface area contributed by atoms with E-state index in [0.29, 0.717) is 23.8 Å². The van der Waals surface area contributed by atoms with Gasteiger partial charge in [0.2, 0.25) is 0 Å². The minimum atomic E-state index is -2.83. The summed E-state index contributed by atoms with van der Waals surface area (Å²) >= 11 is 0. The van der Waals surface area contributed by atoms with Gasteiger partial charge in [0.05, 0.1) is 5.75 Å². The Morgan fingerprint density at radius 2 is 2.05 bits per heavy atom. The first-order valence-corrected chi connectivity index (χ1v) is 10.1. The van der Waals surface area contributed by atoms with Gasteiger partial charge in [-0.25, -0.2) is 8.42 Å². The molecule has 1 aliphatic heterocycles. The molecule has 1 rings (SSSR count). The highest BCUT2D eigenvalue weighted by molar-refractivity contribution is 7.90. The number of nitrogens with one attached hydrogen (secondary N) is 1. The molecule has 120 valence electrons. The van der Waals surface area contributed by atoms with Gasteiger partial charge in [0.1, 0.15) is 9.84 Å². The third-order valence-electron chi connectivity index (χ3n) is 4.48. The molecule has 4 nitrogen and oxygen atoms in total. The average molecular weight is 304 g/mol. The summed E-state index contributed by atoms with van der Waals surface area (Å²) in [6, 6.07) is 1.12. The van der Waals surface area contributed by atoms with Crippen molar-refractivity contribution in [3.8, 4) is 0 Å². The summed E-state index contributed by atoms with van der Waals surface area (Å²) in [5.74, 6) is 0.985. The topological polar surface area (TPSA) is 49.4 Å². The first kappa shape index (κ1) is 17.9. The highest BCUT2D eigenvalue weighted by Gasteiger charge is 2.29. The van der Waals surface area contributed by atoms with Crippen LogP contribution >= 0.6 is 0 Å². The molecule has 1 saturated heterocycles. The van der Waals surface area contributed by atoms with E-state index in [9.17, 15) is 8.42 Å². The van der Waals surface area contributed by atoms with Crippen molar-refractivity contribution in [2.24, 2.45) is 5.92 Å². The lowest BCUT2D eigenvalue weighted by atomic mass is 9.94. The molecule has 0 aromatic carbocycles. The number of rotatable bonds is 8. The molecule has 3 atom stereocenters. The summed E-state index contributed by atoms with van der Waals surface area (Å²) in [5.41, 5.74) is 0. The third kappa shape index (κ3) is 6.10. The number of sulfone groups is 1. The smallest absolute Gasteiger partial charge is 0.147 e. The molecule has 0 saturated carbocycles. The minimum Gasteiger partial charge on any atom is -0.311 e. The van der Waals surface area contributed by atoms with E-state index in [1.54, 1.807) is 0 Å². The van der Waals surface area contributed by atoms with Gasteiger partial charge in [-0.2, -0.15) is 0 Å². The van der Waals surface area contributed by atoms with Gasteiger partial charge in [0.15, 0.2) is 0 Å². The molecule has 0 aromatic rings. The molecule has 3 unspecified atom stereocenters. The van der Waals surface area contributed by atoms with Crippen molar-refractivity contribution in [1.82, 2.24) is 10.2 Å². The van der Waals surface area contributed by atoms with E-state index < -0.39 is 9.84 Å². The Morgan fingerprint density at radius 3 is 2.60 bits per heavy atom. The van der Waals surface area contributed by atoms with Gasteiger partial charge in [-0.3, -0.25) is 4.90 Å². The Morgan fingerprint density at radius 1 is 1.35 bits per heavy atom. The maximum absolute atomic E-state index is 11.3. The monoisotopic (exact) mass is 304 g/mol. The normalized spacial score (nSPS) is 26.6. The van der Waals surface area contributed by atoms with Gasteiger partial charge in [0.25, 0.3) is 0 Å². The van der Waals surface area contributed by atoms with Gasteiger partial charge in [-0.15, -0.1) is 0 Å². The molecule has 1 aliphatic rings. The standard InChI is InChI=1S/C15H32N2O2S/c1-5-8-14-11-16-15(13(3)6-2)12-17(14)9-7-10-20(4,18)19/h13-16H,5-12H2,1-4H3. The first-order valence-electron chi connectivity index (χ1n) is 8.02. The summed E-state index contributed by atoms with van der Waals surface area (Å²) in [7, 11) is -2.83. The molecule has 0 amide bonds. The minimum absolute atomic E-state index is 0.309. The maximum Gasteiger partial charge on any atom is 0.147 e. The summed E-state index contributed by atoms with van der Waals surface area (Å²) in [6.45, 7) is 9.76. The molecular weight excluding hydrogens is 272 g/mol. The predicted molar refractivity (Wildman–Crippen MR) is 85.8 cm³/mol. The molecule has 1 fully saturated rings. The van der Waals surface area contributed by atoms with Gasteiger partial charge in [-0.1, -0.05) is 33.6 Å². The Balaban J connectivity index is 2.54. The third-order valence-corrected chi connectivity index (χ3v) is 5.51. The van der Waals surface area contributed by atoms with Crippen LogP contribution in [0.15, 0.2) is 0 Å². The highest BCUT2D eigenvalue weighted by atomic mass is 32.2. The van der Waals surface area contributed by atoms with E-state index in [1.807, 2.05) is 0 Å². The number of nitrogens with zero attached hydrogens (tertiary/aromatic N) is 1. The van der Waals surface area contributed by atoms with E-state index >= 15 is 0 Å². The highest BCUT2D eigenvalue weighted by Crippen LogP contribution is 2.18. The van der Waals surface area contributed by atoms with E-state index in [0.717, 1.165) is 26.1 Å². The van der Waals surface area contributed by atoms with Crippen molar-refractivity contribution in [1.29, 1.82) is 0 Å².